The molecule has 0 spiro atoms. The molecule has 0 aromatic heterocycles. The third-order valence-corrected chi connectivity index (χ3v) is 5.72. The van der Waals surface area contributed by atoms with Crippen molar-refractivity contribution in [2.24, 2.45) is 16.7 Å². The second-order valence-electron chi connectivity index (χ2n) is 7.02. The summed E-state index contributed by atoms with van der Waals surface area (Å²) in [4.78, 5) is 0. The second-order valence-corrected chi connectivity index (χ2v) is 7.43. The van der Waals surface area contributed by atoms with Crippen LogP contribution in [-0.2, 0) is 0 Å². The number of rotatable bonds is 5. The molecule has 1 N–H and O–H groups in total. The van der Waals surface area contributed by atoms with Crippen LogP contribution in [0.5, 0.6) is 0 Å². The van der Waals surface area contributed by atoms with Gasteiger partial charge in [-0.3, -0.25) is 0 Å². The van der Waals surface area contributed by atoms with Gasteiger partial charge in [-0.05, 0) is 53.5 Å². The topological polar surface area (TPSA) is 12.0 Å². The molecule has 1 aromatic carbocycles. The Kier molecular flexibility index (Phi) is 4.19. The maximum absolute atomic E-state index is 13.6. The Hall–Kier alpha value is -0.600. The van der Waals surface area contributed by atoms with E-state index < -0.39 is 0 Å². The van der Waals surface area contributed by atoms with Gasteiger partial charge in [0.25, 0.3) is 0 Å². The van der Waals surface area contributed by atoms with Crippen molar-refractivity contribution in [3.05, 3.63) is 34.6 Å². The molecule has 1 saturated carbocycles. The average molecular weight is 298 g/mol. The lowest BCUT2D eigenvalue weighted by molar-refractivity contribution is 0.408. The van der Waals surface area contributed by atoms with Gasteiger partial charge in [0.1, 0.15) is 5.82 Å². The quantitative estimate of drug-likeness (QED) is 0.787. The molecule has 0 aliphatic heterocycles. The number of halogens is 2. The van der Waals surface area contributed by atoms with Gasteiger partial charge in [0.15, 0.2) is 0 Å². The van der Waals surface area contributed by atoms with Gasteiger partial charge in [-0.25, -0.2) is 4.39 Å². The van der Waals surface area contributed by atoms with Crippen molar-refractivity contribution in [2.45, 2.75) is 47.1 Å². The molecule has 112 valence electrons. The van der Waals surface area contributed by atoms with Gasteiger partial charge in [0, 0.05) is 11.1 Å². The Balaban J connectivity index is 2.37. The Morgan fingerprint density at radius 1 is 1.25 bits per heavy atom. The molecule has 0 saturated heterocycles. The second kappa shape index (κ2) is 5.31. The molecule has 1 nitrogen and oxygen atoms in total. The Morgan fingerprint density at radius 3 is 2.35 bits per heavy atom. The summed E-state index contributed by atoms with van der Waals surface area (Å²) in [5.41, 5.74) is 1.35. The summed E-state index contributed by atoms with van der Waals surface area (Å²) in [7, 11) is 0. The highest BCUT2D eigenvalue weighted by atomic mass is 35.5. The van der Waals surface area contributed by atoms with Gasteiger partial charge >= 0.3 is 0 Å². The van der Waals surface area contributed by atoms with Crippen LogP contribution in [0.25, 0.3) is 0 Å². The van der Waals surface area contributed by atoms with Crippen LogP contribution in [-0.4, -0.2) is 6.54 Å². The van der Waals surface area contributed by atoms with E-state index in [1.807, 2.05) is 0 Å². The zero-order chi connectivity index (χ0) is 15.1. The Labute approximate surface area is 126 Å². The van der Waals surface area contributed by atoms with Crippen molar-refractivity contribution in [2.75, 3.05) is 6.54 Å². The SMILES string of the molecule is CCCNC(c1cc(F)ccc1Cl)C1C(C)(C)C1(C)C. The maximum Gasteiger partial charge on any atom is 0.123 e. The summed E-state index contributed by atoms with van der Waals surface area (Å²) in [6.07, 6.45) is 1.05. The van der Waals surface area contributed by atoms with Crippen molar-refractivity contribution in [1.82, 2.24) is 5.32 Å². The first-order chi connectivity index (χ1) is 9.23. The lowest BCUT2D eigenvalue weighted by Gasteiger charge is -2.22. The lowest BCUT2D eigenvalue weighted by Crippen LogP contribution is -2.26. The molecule has 1 fully saturated rings. The molecular formula is C17H25ClFN. The maximum atomic E-state index is 13.6. The monoisotopic (exact) mass is 297 g/mol. The molecule has 1 aliphatic carbocycles. The zero-order valence-corrected chi connectivity index (χ0v) is 13.8. The van der Waals surface area contributed by atoms with Gasteiger partial charge in [-0.2, -0.15) is 0 Å². The molecule has 0 amide bonds. The first-order valence-corrected chi connectivity index (χ1v) is 7.79. The normalized spacial score (nSPS) is 21.8. The fourth-order valence-electron chi connectivity index (χ4n) is 3.54. The standard InChI is InChI=1S/C17H25ClFN/c1-6-9-20-14(15-16(2,3)17(15,4)5)12-10-11(19)7-8-13(12)18/h7-8,10,14-15,20H,6,9H2,1-5H3. The first-order valence-electron chi connectivity index (χ1n) is 7.41. The van der Waals surface area contributed by atoms with Gasteiger partial charge in [0.05, 0.1) is 0 Å². The Morgan fingerprint density at radius 2 is 1.85 bits per heavy atom. The van der Waals surface area contributed by atoms with E-state index >= 15 is 0 Å². The van der Waals surface area contributed by atoms with Crippen LogP contribution >= 0.6 is 11.6 Å². The van der Waals surface area contributed by atoms with Gasteiger partial charge in [0.2, 0.25) is 0 Å². The first kappa shape index (κ1) is 15.8. The smallest absolute Gasteiger partial charge is 0.123 e. The summed E-state index contributed by atoms with van der Waals surface area (Å²) >= 11 is 6.32. The fraction of sp³-hybridized carbons (Fsp3) is 0.647. The van der Waals surface area contributed by atoms with E-state index in [9.17, 15) is 4.39 Å². The molecule has 1 atom stereocenters. The molecule has 2 rings (SSSR count). The van der Waals surface area contributed by atoms with E-state index in [1.165, 1.54) is 6.07 Å². The molecule has 1 aromatic rings. The Bertz CT molecular complexity index is 482. The van der Waals surface area contributed by atoms with Crippen LogP contribution in [0.2, 0.25) is 5.02 Å². The average Bonchev–Trinajstić information content (AvgIpc) is 2.76. The van der Waals surface area contributed by atoms with E-state index in [-0.39, 0.29) is 22.7 Å². The predicted octanol–water partition coefficient (Wildman–Crippen LogP) is 5.20. The van der Waals surface area contributed by atoms with E-state index in [1.54, 1.807) is 12.1 Å². The van der Waals surface area contributed by atoms with Crippen LogP contribution in [0.1, 0.15) is 52.6 Å². The molecule has 20 heavy (non-hydrogen) atoms. The van der Waals surface area contributed by atoms with E-state index in [0.717, 1.165) is 18.5 Å². The predicted molar refractivity (Wildman–Crippen MR) is 83.5 cm³/mol. The van der Waals surface area contributed by atoms with E-state index in [0.29, 0.717) is 10.9 Å². The third-order valence-electron chi connectivity index (χ3n) is 5.37. The minimum absolute atomic E-state index is 0.114. The number of benzene rings is 1. The summed E-state index contributed by atoms with van der Waals surface area (Å²) in [6.45, 7) is 12.2. The fourth-order valence-corrected chi connectivity index (χ4v) is 3.78. The summed E-state index contributed by atoms with van der Waals surface area (Å²) < 4.78 is 13.6. The highest BCUT2D eigenvalue weighted by Crippen LogP contribution is 2.72. The van der Waals surface area contributed by atoms with Crippen LogP contribution < -0.4 is 5.32 Å². The number of hydrogen-bond donors (Lipinski definition) is 1. The number of nitrogens with one attached hydrogen (secondary N) is 1. The molecule has 0 heterocycles. The molecule has 0 radical (unpaired) electrons. The van der Waals surface area contributed by atoms with Crippen molar-refractivity contribution in [3.63, 3.8) is 0 Å². The highest BCUT2D eigenvalue weighted by molar-refractivity contribution is 6.31. The highest BCUT2D eigenvalue weighted by Gasteiger charge is 2.67. The number of hydrogen-bond acceptors (Lipinski definition) is 1. The van der Waals surface area contributed by atoms with Crippen LogP contribution in [0.4, 0.5) is 4.39 Å². The largest absolute Gasteiger partial charge is 0.310 e. The van der Waals surface area contributed by atoms with Gasteiger partial charge in [-0.1, -0.05) is 46.2 Å². The van der Waals surface area contributed by atoms with Crippen LogP contribution in [0.3, 0.4) is 0 Å². The third kappa shape index (κ3) is 2.48. The van der Waals surface area contributed by atoms with E-state index in [4.69, 9.17) is 11.6 Å². The molecule has 1 aliphatic rings. The van der Waals surface area contributed by atoms with E-state index in [2.05, 4.69) is 39.9 Å². The van der Waals surface area contributed by atoms with Crippen molar-refractivity contribution in [1.29, 1.82) is 0 Å². The van der Waals surface area contributed by atoms with Crippen LogP contribution in [0.15, 0.2) is 18.2 Å². The molecule has 0 bridgehead atoms. The van der Waals surface area contributed by atoms with Gasteiger partial charge < -0.3 is 5.32 Å². The zero-order valence-electron chi connectivity index (χ0n) is 13.1. The summed E-state index contributed by atoms with van der Waals surface area (Å²) in [6, 6.07) is 4.78. The summed E-state index contributed by atoms with van der Waals surface area (Å²) in [5, 5.41) is 4.23. The minimum Gasteiger partial charge on any atom is -0.310 e. The summed E-state index contributed by atoms with van der Waals surface area (Å²) in [5.74, 6) is 0.241. The van der Waals surface area contributed by atoms with Crippen molar-refractivity contribution < 1.29 is 4.39 Å². The van der Waals surface area contributed by atoms with Crippen molar-refractivity contribution >= 4 is 11.6 Å². The van der Waals surface area contributed by atoms with Crippen molar-refractivity contribution in [3.8, 4) is 0 Å². The minimum atomic E-state index is -0.219. The lowest BCUT2D eigenvalue weighted by atomic mass is 9.96. The molecular weight excluding hydrogens is 273 g/mol. The van der Waals surface area contributed by atoms with Crippen LogP contribution in [0, 0.1) is 22.6 Å². The van der Waals surface area contributed by atoms with Gasteiger partial charge in [-0.15, -0.1) is 0 Å². The molecule has 3 heteroatoms. The molecule has 1 unspecified atom stereocenters.